The van der Waals surface area contributed by atoms with Gasteiger partial charge in [0.2, 0.25) is 0 Å². The fourth-order valence-electron chi connectivity index (χ4n) is 1.81. The lowest BCUT2D eigenvalue weighted by atomic mass is 10.0. The van der Waals surface area contributed by atoms with E-state index in [0.717, 1.165) is 5.56 Å². The molecule has 0 spiro atoms. The summed E-state index contributed by atoms with van der Waals surface area (Å²) in [7, 11) is 0. The zero-order chi connectivity index (χ0) is 12.4. The monoisotopic (exact) mass is 234 g/mol. The Balaban J connectivity index is 2.34. The predicted octanol–water partition coefficient (Wildman–Crippen LogP) is 1.93. The van der Waals surface area contributed by atoms with Crippen molar-refractivity contribution in [3.8, 4) is 11.5 Å². The number of ketones is 2. The Kier molecular flexibility index (Phi) is 3.13. The highest BCUT2D eigenvalue weighted by molar-refractivity contribution is 6.08. The molecule has 0 aromatic heterocycles. The van der Waals surface area contributed by atoms with E-state index in [1.165, 1.54) is 6.92 Å². The molecular weight excluding hydrogens is 220 g/mol. The molecule has 0 aliphatic carbocycles. The summed E-state index contributed by atoms with van der Waals surface area (Å²) >= 11 is 0. The zero-order valence-corrected chi connectivity index (χ0v) is 9.91. The van der Waals surface area contributed by atoms with Crippen molar-refractivity contribution in [1.29, 1.82) is 0 Å². The molecule has 17 heavy (non-hydrogen) atoms. The third-order valence-corrected chi connectivity index (χ3v) is 2.60. The summed E-state index contributed by atoms with van der Waals surface area (Å²) in [6, 6.07) is 3.44. The lowest BCUT2D eigenvalue weighted by Crippen LogP contribution is -2.16. The summed E-state index contributed by atoms with van der Waals surface area (Å²) in [5.41, 5.74) is 1.34. The SMILES string of the molecule is CC(=O)CC(=O)c1cc2c(cc1C)OCCO2. The normalized spacial score (nSPS) is 13.3. The van der Waals surface area contributed by atoms with Gasteiger partial charge in [-0.2, -0.15) is 0 Å². The van der Waals surface area contributed by atoms with Gasteiger partial charge < -0.3 is 9.47 Å². The van der Waals surface area contributed by atoms with E-state index in [2.05, 4.69) is 0 Å². The number of aryl methyl sites for hydroxylation is 1. The first-order valence-electron chi connectivity index (χ1n) is 5.51. The maximum absolute atomic E-state index is 11.8. The van der Waals surface area contributed by atoms with Crippen molar-refractivity contribution in [2.45, 2.75) is 20.3 Å². The standard InChI is InChI=1S/C13H14O4/c1-8-5-12-13(17-4-3-16-12)7-10(8)11(15)6-9(2)14/h5,7H,3-4,6H2,1-2H3. The second kappa shape index (κ2) is 4.57. The molecule has 0 radical (unpaired) electrons. The summed E-state index contributed by atoms with van der Waals surface area (Å²) in [6.45, 7) is 4.24. The number of rotatable bonds is 3. The van der Waals surface area contributed by atoms with Crippen molar-refractivity contribution < 1.29 is 19.1 Å². The van der Waals surface area contributed by atoms with Crippen LogP contribution in [0.5, 0.6) is 11.5 Å². The van der Waals surface area contributed by atoms with Crippen LogP contribution in [0.4, 0.5) is 0 Å². The fraction of sp³-hybridized carbons (Fsp3) is 0.385. The molecule has 1 aromatic carbocycles. The minimum absolute atomic E-state index is 0.0690. The molecular formula is C13H14O4. The Morgan fingerprint density at radius 1 is 1.18 bits per heavy atom. The van der Waals surface area contributed by atoms with Gasteiger partial charge in [-0.05, 0) is 31.5 Å². The molecule has 0 amide bonds. The van der Waals surface area contributed by atoms with Crippen molar-refractivity contribution in [3.63, 3.8) is 0 Å². The van der Waals surface area contributed by atoms with Gasteiger partial charge >= 0.3 is 0 Å². The van der Waals surface area contributed by atoms with Gasteiger partial charge in [0.25, 0.3) is 0 Å². The van der Waals surface area contributed by atoms with Crippen LogP contribution in [-0.4, -0.2) is 24.8 Å². The number of ether oxygens (including phenoxy) is 2. The quantitative estimate of drug-likeness (QED) is 0.592. The highest BCUT2D eigenvalue weighted by Crippen LogP contribution is 2.33. The lowest BCUT2D eigenvalue weighted by Gasteiger charge is -2.19. The summed E-state index contributed by atoms with van der Waals surface area (Å²) in [5, 5.41) is 0. The van der Waals surface area contributed by atoms with Gasteiger partial charge in [-0.25, -0.2) is 0 Å². The van der Waals surface area contributed by atoms with Crippen LogP contribution in [0.1, 0.15) is 29.3 Å². The average molecular weight is 234 g/mol. The van der Waals surface area contributed by atoms with E-state index in [1.54, 1.807) is 12.1 Å². The third kappa shape index (κ3) is 2.46. The molecule has 0 N–H and O–H groups in total. The Hall–Kier alpha value is -1.84. The van der Waals surface area contributed by atoms with Crippen LogP contribution in [0.15, 0.2) is 12.1 Å². The van der Waals surface area contributed by atoms with Gasteiger partial charge in [-0.3, -0.25) is 9.59 Å². The molecule has 0 fully saturated rings. The van der Waals surface area contributed by atoms with E-state index in [-0.39, 0.29) is 18.0 Å². The second-order valence-corrected chi connectivity index (χ2v) is 4.11. The van der Waals surface area contributed by atoms with Crippen molar-refractivity contribution in [2.24, 2.45) is 0 Å². The van der Waals surface area contributed by atoms with Crippen LogP contribution in [0.25, 0.3) is 0 Å². The largest absolute Gasteiger partial charge is 0.486 e. The van der Waals surface area contributed by atoms with E-state index in [1.807, 2.05) is 6.92 Å². The Morgan fingerprint density at radius 3 is 2.35 bits per heavy atom. The lowest BCUT2D eigenvalue weighted by molar-refractivity contribution is -0.116. The number of carbonyl (C=O) groups excluding carboxylic acids is 2. The zero-order valence-electron chi connectivity index (χ0n) is 9.91. The van der Waals surface area contributed by atoms with Gasteiger partial charge in [0.15, 0.2) is 17.3 Å². The maximum Gasteiger partial charge on any atom is 0.170 e. The van der Waals surface area contributed by atoms with Crippen LogP contribution >= 0.6 is 0 Å². The van der Waals surface area contributed by atoms with E-state index in [9.17, 15) is 9.59 Å². The predicted molar refractivity (Wildman–Crippen MR) is 61.8 cm³/mol. The van der Waals surface area contributed by atoms with E-state index >= 15 is 0 Å². The molecule has 1 aliphatic heterocycles. The van der Waals surface area contributed by atoms with E-state index in [0.29, 0.717) is 30.3 Å². The third-order valence-electron chi connectivity index (χ3n) is 2.60. The highest BCUT2D eigenvalue weighted by atomic mass is 16.6. The number of hydrogen-bond donors (Lipinski definition) is 0. The van der Waals surface area contributed by atoms with Crippen LogP contribution in [0.3, 0.4) is 0 Å². The molecule has 1 aliphatic rings. The molecule has 1 aromatic rings. The van der Waals surface area contributed by atoms with Crippen molar-refractivity contribution in [1.82, 2.24) is 0 Å². The number of benzene rings is 1. The van der Waals surface area contributed by atoms with Gasteiger partial charge in [0, 0.05) is 5.56 Å². The van der Waals surface area contributed by atoms with Gasteiger partial charge in [-0.1, -0.05) is 0 Å². The van der Waals surface area contributed by atoms with E-state index in [4.69, 9.17) is 9.47 Å². The molecule has 0 atom stereocenters. The first kappa shape index (κ1) is 11.6. The molecule has 0 saturated heterocycles. The minimum atomic E-state index is -0.174. The van der Waals surface area contributed by atoms with Crippen molar-refractivity contribution in [2.75, 3.05) is 13.2 Å². The average Bonchev–Trinajstić information content (AvgIpc) is 2.27. The second-order valence-electron chi connectivity index (χ2n) is 4.11. The molecule has 1 heterocycles. The van der Waals surface area contributed by atoms with Crippen molar-refractivity contribution >= 4 is 11.6 Å². The Bertz CT molecular complexity index is 477. The fourth-order valence-corrected chi connectivity index (χ4v) is 1.81. The molecule has 4 heteroatoms. The van der Waals surface area contributed by atoms with Crippen LogP contribution < -0.4 is 9.47 Å². The summed E-state index contributed by atoms with van der Waals surface area (Å²) in [6.07, 6.45) is -0.0690. The number of Topliss-reactive ketones (excluding diaryl/α,β-unsaturated/α-hetero) is 2. The van der Waals surface area contributed by atoms with Crippen LogP contribution in [-0.2, 0) is 4.79 Å². The first-order valence-corrected chi connectivity index (χ1v) is 5.51. The highest BCUT2D eigenvalue weighted by Gasteiger charge is 2.18. The number of carbonyl (C=O) groups is 2. The first-order chi connectivity index (χ1) is 8.08. The summed E-state index contributed by atoms with van der Waals surface area (Å²) in [5.74, 6) is 0.929. The minimum Gasteiger partial charge on any atom is -0.486 e. The summed E-state index contributed by atoms with van der Waals surface area (Å²) < 4.78 is 10.8. The smallest absolute Gasteiger partial charge is 0.170 e. The van der Waals surface area contributed by atoms with Crippen LogP contribution in [0.2, 0.25) is 0 Å². The molecule has 4 nitrogen and oxygen atoms in total. The Morgan fingerprint density at radius 2 is 1.76 bits per heavy atom. The number of hydrogen-bond acceptors (Lipinski definition) is 4. The van der Waals surface area contributed by atoms with Gasteiger partial charge in [-0.15, -0.1) is 0 Å². The summed E-state index contributed by atoms with van der Waals surface area (Å²) in [4.78, 5) is 22.8. The van der Waals surface area contributed by atoms with E-state index < -0.39 is 0 Å². The molecule has 0 saturated carbocycles. The van der Waals surface area contributed by atoms with Gasteiger partial charge in [0.1, 0.15) is 19.0 Å². The Labute approximate surface area is 99.5 Å². The molecule has 90 valence electrons. The maximum atomic E-state index is 11.8. The van der Waals surface area contributed by atoms with Gasteiger partial charge in [0.05, 0.1) is 6.42 Å². The van der Waals surface area contributed by atoms with Crippen LogP contribution in [0, 0.1) is 6.92 Å². The van der Waals surface area contributed by atoms with Crippen molar-refractivity contribution in [3.05, 3.63) is 23.3 Å². The topological polar surface area (TPSA) is 52.6 Å². The number of fused-ring (bicyclic) bond motifs is 1. The molecule has 2 rings (SSSR count). The molecule has 0 unspecified atom stereocenters. The molecule has 0 bridgehead atoms.